The number of rotatable bonds is 6. The molecule has 0 aliphatic heterocycles. The average Bonchev–Trinajstić information content (AvgIpc) is 2.67. The van der Waals surface area contributed by atoms with E-state index in [9.17, 15) is 18.0 Å². The highest BCUT2D eigenvalue weighted by Gasteiger charge is 2.22. The van der Waals surface area contributed by atoms with Gasteiger partial charge in [-0.15, -0.1) is 0 Å². The van der Waals surface area contributed by atoms with Crippen LogP contribution in [0.3, 0.4) is 0 Å². The van der Waals surface area contributed by atoms with Crippen LogP contribution in [0.1, 0.15) is 32.3 Å². The third kappa shape index (κ3) is 4.09. The van der Waals surface area contributed by atoms with Gasteiger partial charge in [0, 0.05) is 23.7 Å². The summed E-state index contributed by atoms with van der Waals surface area (Å²) in [7, 11) is 0. The fraction of sp³-hybridized carbons (Fsp3) is 0.318. The van der Waals surface area contributed by atoms with Crippen molar-refractivity contribution in [3.8, 4) is 11.3 Å². The van der Waals surface area contributed by atoms with Crippen molar-refractivity contribution in [1.82, 2.24) is 0 Å². The third-order valence-corrected chi connectivity index (χ3v) is 4.82. The van der Waals surface area contributed by atoms with E-state index in [1.165, 1.54) is 19.1 Å². The summed E-state index contributed by atoms with van der Waals surface area (Å²) < 4.78 is 48.9. The number of benzene rings is 2. The fourth-order valence-electron chi connectivity index (χ4n) is 3.16. The van der Waals surface area contributed by atoms with Crippen molar-refractivity contribution in [3.63, 3.8) is 0 Å². The third-order valence-electron chi connectivity index (χ3n) is 4.82. The molecule has 0 spiro atoms. The number of halogens is 3. The van der Waals surface area contributed by atoms with Gasteiger partial charge in [-0.3, -0.25) is 4.79 Å². The molecule has 0 unspecified atom stereocenters. The van der Waals surface area contributed by atoms with Crippen molar-refractivity contribution in [3.05, 3.63) is 57.5 Å². The van der Waals surface area contributed by atoms with Crippen LogP contribution in [0, 0.1) is 30.3 Å². The summed E-state index contributed by atoms with van der Waals surface area (Å²) in [5.74, 6) is -2.01. The molecule has 0 radical (unpaired) electrons. The molecule has 7 heteroatoms. The quantitative estimate of drug-likeness (QED) is 0.414. The lowest BCUT2D eigenvalue weighted by Gasteiger charge is -2.14. The molecule has 154 valence electrons. The number of nitrogens with two attached hydrogens (primary N) is 1. The fourth-order valence-corrected chi connectivity index (χ4v) is 3.16. The number of anilines is 2. The molecule has 3 N–H and O–H groups in total. The summed E-state index contributed by atoms with van der Waals surface area (Å²) in [5, 5.41) is 2.72. The molecule has 2 aromatic carbocycles. The van der Waals surface area contributed by atoms with Crippen LogP contribution in [0.25, 0.3) is 22.3 Å². The van der Waals surface area contributed by atoms with Gasteiger partial charge in [0.25, 0.3) is 0 Å². The second-order valence-corrected chi connectivity index (χ2v) is 7.51. The van der Waals surface area contributed by atoms with Gasteiger partial charge in [-0.2, -0.15) is 0 Å². The van der Waals surface area contributed by atoms with Gasteiger partial charge in [0.1, 0.15) is 11.6 Å². The molecule has 0 saturated heterocycles. The maximum atomic E-state index is 14.8. The summed E-state index contributed by atoms with van der Waals surface area (Å²) >= 11 is 0. The first-order chi connectivity index (χ1) is 13.7. The van der Waals surface area contributed by atoms with Crippen LogP contribution in [-0.4, -0.2) is 6.54 Å². The molecule has 29 heavy (non-hydrogen) atoms. The topological polar surface area (TPSA) is 68.3 Å². The van der Waals surface area contributed by atoms with Gasteiger partial charge >= 0.3 is 0 Å². The Bertz CT molecular complexity index is 1120. The van der Waals surface area contributed by atoms with Crippen molar-refractivity contribution < 1.29 is 17.6 Å². The summed E-state index contributed by atoms with van der Waals surface area (Å²) in [6.07, 6.45) is 1.69. The number of hydrogen-bond donors (Lipinski definition) is 2. The lowest BCUT2D eigenvalue weighted by Crippen LogP contribution is -2.12. The molecule has 4 nitrogen and oxygen atoms in total. The van der Waals surface area contributed by atoms with Gasteiger partial charge in [0.05, 0.1) is 16.8 Å². The van der Waals surface area contributed by atoms with Gasteiger partial charge in [-0.25, -0.2) is 13.2 Å². The first-order valence-electron chi connectivity index (χ1n) is 9.45. The van der Waals surface area contributed by atoms with Crippen LogP contribution in [0.4, 0.5) is 24.5 Å². The van der Waals surface area contributed by atoms with Crippen LogP contribution < -0.4 is 16.5 Å². The van der Waals surface area contributed by atoms with Crippen molar-refractivity contribution in [2.24, 2.45) is 5.92 Å². The lowest BCUT2D eigenvalue weighted by molar-refractivity contribution is 0.535. The molecule has 3 aromatic rings. The summed E-state index contributed by atoms with van der Waals surface area (Å²) in [6, 6.07) is 4.98. The molecular weight excluding hydrogens is 381 g/mol. The minimum Gasteiger partial charge on any atom is -0.453 e. The predicted molar refractivity (Wildman–Crippen MR) is 110 cm³/mol. The molecule has 0 aliphatic carbocycles. The summed E-state index contributed by atoms with van der Waals surface area (Å²) in [6.45, 7) is 5.86. The molecule has 0 atom stereocenters. The van der Waals surface area contributed by atoms with Crippen molar-refractivity contribution in [2.75, 3.05) is 17.6 Å². The van der Waals surface area contributed by atoms with Crippen LogP contribution in [-0.2, 0) is 0 Å². The second kappa shape index (κ2) is 8.19. The largest absolute Gasteiger partial charge is 0.453 e. The first kappa shape index (κ1) is 20.8. The SMILES string of the molecule is Cc1c(F)c(NCCCC(C)C)c2c(=O)cc(-c3ccc(N)c(F)c3)oc2c1F. The molecule has 0 saturated carbocycles. The summed E-state index contributed by atoms with van der Waals surface area (Å²) in [4.78, 5) is 12.8. The Hall–Kier alpha value is -2.96. The van der Waals surface area contributed by atoms with E-state index in [0.29, 0.717) is 12.5 Å². The zero-order valence-corrected chi connectivity index (χ0v) is 16.5. The molecule has 0 bridgehead atoms. The highest BCUT2D eigenvalue weighted by Crippen LogP contribution is 2.33. The lowest BCUT2D eigenvalue weighted by atomic mass is 10.1. The monoisotopic (exact) mass is 404 g/mol. The van der Waals surface area contributed by atoms with E-state index in [-0.39, 0.29) is 39.2 Å². The number of nitrogens with one attached hydrogen (secondary N) is 1. The Morgan fingerprint density at radius 1 is 1.14 bits per heavy atom. The molecule has 0 amide bonds. The van der Waals surface area contributed by atoms with Crippen molar-refractivity contribution >= 4 is 22.3 Å². The Morgan fingerprint density at radius 3 is 2.52 bits per heavy atom. The maximum absolute atomic E-state index is 14.8. The van der Waals surface area contributed by atoms with E-state index >= 15 is 0 Å². The molecular formula is C22H23F3N2O2. The number of nitrogen functional groups attached to an aromatic ring is 1. The van der Waals surface area contributed by atoms with Gasteiger partial charge in [0.15, 0.2) is 22.6 Å². The van der Waals surface area contributed by atoms with E-state index < -0.39 is 22.9 Å². The highest BCUT2D eigenvalue weighted by molar-refractivity contribution is 5.92. The Kier molecular flexibility index (Phi) is 5.86. The van der Waals surface area contributed by atoms with Crippen LogP contribution in [0.15, 0.2) is 33.5 Å². The Balaban J connectivity index is 2.13. The first-order valence-corrected chi connectivity index (χ1v) is 9.45. The zero-order chi connectivity index (χ0) is 21.3. The number of fused-ring (bicyclic) bond motifs is 1. The molecule has 3 rings (SSSR count). The van der Waals surface area contributed by atoms with Crippen molar-refractivity contribution in [1.29, 1.82) is 0 Å². The van der Waals surface area contributed by atoms with Gasteiger partial charge in [0.2, 0.25) is 0 Å². The maximum Gasteiger partial charge on any atom is 0.195 e. The van der Waals surface area contributed by atoms with E-state index in [1.807, 2.05) is 0 Å². The molecule has 1 heterocycles. The molecule has 0 fully saturated rings. The Morgan fingerprint density at radius 2 is 1.86 bits per heavy atom. The molecule has 1 aromatic heterocycles. The molecule has 0 aliphatic rings. The van der Waals surface area contributed by atoms with Crippen LogP contribution in [0.5, 0.6) is 0 Å². The van der Waals surface area contributed by atoms with Gasteiger partial charge < -0.3 is 15.5 Å². The van der Waals surface area contributed by atoms with Crippen LogP contribution >= 0.6 is 0 Å². The predicted octanol–water partition coefficient (Wildman–Crippen LogP) is 5.62. The zero-order valence-electron chi connectivity index (χ0n) is 16.5. The average molecular weight is 404 g/mol. The van der Waals surface area contributed by atoms with Crippen LogP contribution in [0.2, 0.25) is 0 Å². The second-order valence-electron chi connectivity index (χ2n) is 7.51. The van der Waals surface area contributed by atoms with E-state index in [0.717, 1.165) is 25.0 Å². The normalized spacial score (nSPS) is 11.4. The minimum absolute atomic E-state index is 0.0305. The van der Waals surface area contributed by atoms with Crippen molar-refractivity contribution in [2.45, 2.75) is 33.6 Å². The standard InChI is InChI=1S/C22H23F3N2O2/c1-11(2)5-4-8-27-21-18-16(28)10-17(13-6-7-15(26)14(23)9-13)29-22(18)20(25)12(3)19(21)24/h6-7,9-11,27H,4-5,8,26H2,1-3H3. The highest BCUT2D eigenvalue weighted by atomic mass is 19.1. The summed E-state index contributed by atoms with van der Waals surface area (Å²) in [5.41, 5.74) is 4.31. The van der Waals surface area contributed by atoms with Gasteiger partial charge in [-0.05, 0) is 43.9 Å². The Labute approximate surface area is 166 Å². The smallest absolute Gasteiger partial charge is 0.195 e. The van der Waals surface area contributed by atoms with Gasteiger partial charge in [-0.1, -0.05) is 13.8 Å². The van der Waals surface area contributed by atoms with E-state index in [4.69, 9.17) is 10.2 Å². The van der Waals surface area contributed by atoms with E-state index in [2.05, 4.69) is 19.2 Å². The van der Waals surface area contributed by atoms with E-state index in [1.54, 1.807) is 0 Å². The number of hydrogen-bond acceptors (Lipinski definition) is 4. The minimum atomic E-state index is -0.958.